The van der Waals surface area contributed by atoms with Gasteiger partial charge in [0.1, 0.15) is 0 Å². The molecule has 0 aliphatic rings. The monoisotopic (exact) mass is 450 g/mol. The minimum Gasteiger partial charge on any atom is -0.504 e. The Hall–Kier alpha value is -2.90. The molecule has 178 valence electrons. The quantitative estimate of drug-likeness (QED) is 0.235. The highest BCUT2D eigenvalue weighted by Crippen LogP contribution is 2.43. The lowest BCUT2D eigenvalue weighted by Crippen LogP contribution is -2.19. The van der Waals surface area contributed by atoms with E-state index in [1.54, 1.807) is 6.92 Å². The molecule has 0 radical (unpaired) electrons. The van der Waals surface area contributed by atoms with Crippen molar-refractivity contribution in [3.05, 3.63) is 17.2 Å². The van der Waals surface area contributed by atoms with Crippen molar-refractivity contribution in [2.45, 2.75) is 85.5 Å². The molecule has 0 saturated carbocycles. The van der Waals surface area contributed by atoms with Crippen LogP contribution in [0.15, 0.2) is 6.07 Å². The highest BCUT2D eigenvalue weighted by Gasteiger charge is 2.31. The molecule has 0 aliphatic heterocycles. The zero-order valence-corrected chi connectivity index (χ0v) is 19.5. The summed E-state index contributed by atoms with van der Waals surface area (Å²) >= 11 is 0. The third kappa shape index (κ3) is 7.98. The Morgan fingerprint density at radius 1 is 0.781 bits per heavy atom. The number of unbranched alkanes of at least 4 members (excludes halogenated alkanes) is 3. The standard InChI is InChI=1S/C24H34O8/c1-5-9-12-17(25)21-16(24(29)30-8-4)15-18(26)22(31-19(27)13-10-6-2)23(21)32-20(28)14-11-7-3/h15,26H,5-14H2,1-4H3. The molecule has 0 aromatic heterocycles. The van der Waals surface area contributed by atoms with Crippen molar-refractivity contribution in [2.24, 2.45) is 0 Å². The number of Topliss-reactive ketones (excluding diaryl/α,β-unsaturated/α-hetero) is 1. The van der Waals surface area contributed by atoms with Gasteiger partial charge >= 0.3 is 17.9 Å². The topological polar surface area (TPSA) is 116 Å². The van der Waals surface area contributed by atoms with Crippen molar-refractivity contribution in [1.29, 1.82) is 0 Å². The third-order valence-electron chi connectivity index (χ3n) is 4.65. The number of carbonyl (C=O) groups is 4. The van der Waals surface area contributed by atoms with E-state index in [-0.39, 0.29) is 37.0 Å². The fourth-order valence-corrected chi connectivity index (χ4v) is 2.90. The lowest BCUT2D eigenvalue weighted by molar-refractivity contribution is -0.137. The van der Waals surface area contributed by atoms with Gasteiger partial charge in [-0.1, -0.05) is 40.0 Å². The van der Waals surface area contributed by atoms with Crippen LogP contribution >= 0.6 is 0 Å². The molecule has 1 aromatic rings. The highest BCUT2D eigenvalue weighted by molar-refractivity contribution is 6.10. The molecule has 32 heavy (non-hydrogen) atoms. The molecular weight excluding hydrogens is 416 g/mol. The van der Waals surface area contributed by atoms with Crippen LogP contribution in [0.1, 0.15) is 106 Å². The van der Waals surface area contributed by atoms with Crippen LogP contribution in [0.25, 0.3) is 0 Å². The highest BCUT2D eigenvalue weighted by atomic mass is 16.6. The molecule has 8 heteroatoms. The summed E-state index contributed by atoms with van der Waals surface area (Å²) in [6.07, 6.45) is 4.09. The van der Waals surface area contributed by atoms with Crippen molar-refractivity contribution >= 4 is 23.7 Å². The number of ether oxygens (including phenoxy) is 3. The van der Waals surface area contributed by atoms with E-state index in [1.165, 1.54) is 0 Å². The van der Waals surface area contributed by atoms with Crippen LogP contribution in [0.5, 0.6) is 17.2 Å². The first-order valence-corrected chi connectivity index (χ1v) is 11.3. The number of hydrogen-bond donors (Lipinski definition) is 1. The number of esters is 3. The number of ketones is 1. The summed E-state index contributed by atoms with van der Waals surface area (Å²) in [5, 5.41) is 10.5. The van der Waals surface area contributed by atoms with Crippen molar-refractivity contribution in [3.63, 3.8) is 0 Å². The van der Waals surface area contributed by atoms with Crippen LogP contribution in [0.3, 0.4) is 0 Å². The van der Waals surface area contributed by atoms with E-state index in [0.717, 1.165) is 25.3 Å². The van der Waals surface area contributed by atoms with Gasteiger partial charge in [0.2, 0.25) is 5.75 Å². The van der Waals surface area contributed by atoms with Crippen molar-refractivity contribution < 1.29 is 38.5 Å². The molecule has 0 aliphatic carbocycles. The zero-order valence-electron chi connectivity index (χ0n) is 19.5. The maximum absolute atomic E-state index is 13.0. The van der Waals surface area contributed by atoms with E-state index in [2.05, 4.69) is 0 Å². The van der Waals surface area contributed by atoms with Gasteiger partial charge < -0.3 is 19.3 Å². The maximum atomic E-state index is 13.0. The van der Waals surface area contributed by atoms with Gasteiger partial charge in [-0.2, -0.15) is 0 Å². The van der Waals surface area contributed by atoms with Crippen LogP contribution < -0.4 is 9.47 Å². The zero-order chi connectivity index (χ0) is 24.1. The number of aromatic hydroxyl groups is 1. The average Bonchev–Trinajstić information content (AvgIpc) is 2.76. The van der Waals surface area contributed by atoms with Gasteiger partial charge in [0.15, 0.2) is 17.3 Å². The summed E-state index contributed by atoms with van der Waals surface area (Å²) in [6, 6.07) is 1.02. The van der Waals surface area contributed by atoms with Gasteiger partial charge in [-0.3, -0.25) is 14.4 Å². The largest absolute Gasteiger partial charge is 0.504 e. The van der Waals surface area contributed by atoms with Gasteiger partial charge in [0.25, 0.3) is 0 Å². The first-order valence-electron chi connectivity index (χ1n) is 11.3. The van der Waals surface area contributed by atoms with Gasteiger partial charge in [-0.05, 0) is 32.3 Å². The van der Waals surface area contributed by atoms with Crippen LogP contribution in [-0.4, -0.2) is 35.4 Å². The Morgan fingerprint density at radius 3 is 1.78 bits per heavy atom. The Kier molecular flexibility index (Phi) is 12.1. The van der Waals surface area contributed by atoms with Gasteiger partial charge in [0, 0.05) is 19.3 Å². The summed E-state index contributed by atoms with van der Waals surface area (Å²) in [5.41, 5.74) is -0.463. The van der Waals surface area contributed by atoms with Crippen molar-refractivity contribution in [2.75, 3.05) is 6.61 Å². The second kappa shape index (κ2) is 14.2. The predicted molar refractivity (Wildman–Crippen MR) is 118 cm³/mol. The Balaban J connectivity index is 3.64. The number of carbonyl (C=O) groups excluding carboxylic acids is 4. The normalized spacial score (nSPS) is 10.5. The summed E-state index contributed by atoms with van der Waals surface area (Å²) in [5.74, 6) is -4.09. The molecule has 1 aromatic carbocycles. The number of phenols is 1. The molecule has 0 atom stereocenters. The third-order valence-corrected chi connectivity index (χ3v) is 4.65. The number of benzene rings is 1. The van der Waals surface area contributed by atoms with E-state index in [4.69, 9.17) is 14.2 Å². The Bertz CT molecular complexity index is 813. The van der Waals surface area contributed by atoms with E-state index in [0.29, 0.717) is 19.3 Å². The fraction of sp³-hybridized carbons (Fsp3) is 0.583. The summed E-state index contributed by atoms with van der Waals surface area (Å²) in [4.78, 5) is 50.3. The smallest absolute Gasteiger partial charge is 0.339 e. The molecule has 8 nitrogen and oxygen atoms in total. The van der Waals surface area contributed by atoms with Gasteiger partial charge in [-0.15, -0.1) is 0 Å². The minimum atomic E-state index is -0.850. The van der Waals surface area contributed by atoms with Crippen LogP contribution in [0.4, 0.5) is 0 Å². The molecule has 0 spiro atoms. The van der Waals surface area contributed by atoms with Crippen molar-refractivity contribution in [1.82, 2.24) is 0 Å². The molecule has 1 rings (SSSR count). The molecule has 0 saturated heterocycles. The number of phenolic OH excluding ortho intramolecular Hbond substituents is 1. The Morgan fingerprint density at radius 2 is 1.28 bits per heavy atom. The van der Waals surface area contributed by atoms with Crippen LogP contribution in [0.2, 0.25) is 0 Å². The first-order chi connectivity index (χ1) is 15.3. The molecule has 0 amide bonds. The molecule has 0 bridgehead atoms. The molecule has 0 heterocycles. The minimum absolute atomic E-state index is 0.0432. The fourth-order valence-electron chi connectivity index (χ4n) is 2.90. The molecule has 1 N–H and O–H groups in total. The van der Waals surface area contributed by atoms with Gasteiger partial charge in [-0.25, -0.2) is 4.79 Å². The molecular formula is C24H34O8. The lowest BCUT2D eigenvalue weighted by Gasteiger charge is -2.18. The molecule has 0 unspecified atom stereocenters. The second-order valence-corrected chi connectivity index (χ2v) is 7.38. The SMILES string of the molecule is CCCCC(=O)Oc1c(O)cc(C(=O)OCC)c(C(=O)CCCC)c1OC(=O)CCCC. The Labute approximate surface area is 189 Å². The van der Waals surface area contributed by atoms with Gasteiger partial charge in [0.05, 0.1) is 17.7 Å². The lowest BCUT2D eigenvalue weighted by atomic mass is 9.97. The van der Waals surface area contributed by atoms with Crippen LogP contribution in [0, 0.1) is 0 Å². The van der Waals surface area contributed by atoms with Crippen molar-refractivity contribution in [3.8, 4) is 17.2 Å². The van der Waals surface area contributed by atoms with Crippen LogP contribution in [-0.2, 0) is 14.3 Å². The van der Waals surface area contributed by atoms with E-state index in [9.17, 15) is 24.3 Å². The summed E-state index contributed by atoms with van der Waals surface area (Å²) < 4.78 is 15.8. The first kappa shape index (κ1) is 27.1. The average molecular weight is 451 g/mol. The van der Waals surface area contributed by atoms with E-state index >= 15 is 0 Å². The molecule has 0 fully saturated rings. The summed E-state index contributed by atoms with van der Waals surface area (Å²) in [7, 11) is 0. The predicted octanol–water partition coefficient (Wildman–Crippen LogP) is 5.13. The summed E-state index contributed by atoms with van der Waals surface area (Å²) in [6.45, 7) is 7.36. The number of hydrogen-bond acceptors (Lipinski definition) is 8. The van der Waals surface area contributed by atoms with E-state index in [1.807, 2.05) is 20.8 Å². The second-order valence-electron chi connectivity index (χ2n) is 7.38. The number of rotatable bonds is 14. The van der Waals surface area contributed by atoms with E-state index < -0.39 is 40.9 Å². The maximum Gasteiger partial charge on any atom is 0.339 e.